The first-order valence-electron chi connectivity index (χ1n) is 19.9. The predicted molar refractivity (Wildman–Crippen MR) is 238 cm³/mol. The fraction of sp³-hybridized carbons (Fsp3) is 0.298. The maximum Gasteiger partial charge on any atom is 0.410 e. The SMILES string of the molecule is CC(C)(C)OC(=O)N1CCC(/C=C/c2ccc3c(=O)[nH]cnc3c2)(c2ccc(Cl)cc2)CC1.O=c1[nH]cnc2cc(/C=C/C3(c4ccc(Cl)cc4)CCNCC3)ccc12. The average Bonchev–Trinajstić information content (AvgIpc) is 3.23. The van der Waals surface area contributed by atoms with Gasteiger partial charge in [-0.25, -0.2) is 14.8 Å². The van der Waals surface area contributed by atoms with Crippen LogP contribution < -0.4 is 16.4 Å². The fourth-order valence-electron chi connectivity index (χ4n) is 7.84. The molecule has 3 N–H and O–H groups in total. The molecule has 10 nitrogen and oxygen atoms in total. The second-order valence-corrected chi connectivity index (χ2v) is 17.1. The van der Waals surface area contributed by atoms with Crippen LogP contribution in [0.25, 0.3) is 34.0 Å². The van der Waals surface area contributed by atoms with Gasteiger partial charge in [0.1, 0.15) is 5.60 Å². The Kier molecular flexibility index (Phi) is 12.5. The predicted octanol–water partition coefficient (Wildman–Crippen LogP) is 9.47. The van der Waals surface area contributed by atoms with Gasteiger partial charge in [-0.1, -0.05) is 83.9 Å². The first-order valence-corrected chi connectivity index (χ1v) is 20.6. The van der Waals surface area contributed by atoms with Crippen LogP contribution in [-0.2, 0) is 15.6 Å². The molecule has 0 aliphatic carbocycles. The molecule has 0 bridgehead atoms. The van der Waals surface area contributed by atoms with Gasteiger partial charge in [-0.15, -0.1) is 0 Å². The van der Waals surface area contributed by atoms with Crippen LogP contribution in [0.4, 0.5) is 4.79 Å². The Hall–Kier alpha value is -5.55. The monoisotopic (exact) mass is 830 g/mol. The molecule has 2 aromatic heterocycles. The summed E-state index contributed by atoms with van der Waals surface area (Å²) in [5.41, 5.74) is 4.77. The van der Waals surface area contributed by atoms with E-state index < -0.39 is 5.60 Å². The summed E-state index contributed by atoms with van der Waals surface area (Å²) < 4.78 is 5.56. The summed E-state index contributed by atoms with van der Waals surface area (Å²) in [6, 6.07) is 27.4. The van der Waals surface area contributed by atoms with Crippen molar-refractivity contribution in [1.29, 1.82) is 0 Å². The Morgan fingerprint density at radius 3 is 1.56 bits per heavy atom. The molecule has 4 aromatic carbocycles. The Morgan fingerprint density at radius 1 is 0.678 bits per heavy atom. The summed E-state index contributed by atoms with van der Waals surface area (Å²) in [5, 5.41) is 6.06. The molecule has 0 saturated carbocycles. The highest BCUT2D eigenvalue weighted by Gasteiger charge is 2.37. The molecule has 0 atom stereocenters. The van der Waals surface area contributed by atoms with Gasteiger partial charge < -0.3 is 24.9 Å². The minimum atomic E-state index is -0.520. The highest BCUT2D eigenvalue weighted by Crippen LogP contribution is 2.39. The fourth-order valence-corrected chi connectivity index (χ4v) is 8.10. The zero-order valence-electron chi connectivity index (χ0n) is 33.4. The number of rotatable bonds is 6. The molecule has 2 fully saturated rings. The zero-order valence-corrected chi connectivity index (χ0v) is 34.9. The van der Waals surface area contributed by atoms with Crippen LogP contribution in [0.15, 0.2) is 119 Å². The van der Waals surface area contributed by atoms with E-state index in [9.17, 15) is 14.4 Å². The smallest absolute Gasteiger partial charge is 0.410 e. The molecule has 0 unspecified atom stereocenters. The molecule has 304 valence electrons. The number of aromatic amines is 2. The summed E-state index contributed by atoms with van der Waals surface area (Å²) in [4.78, 5) is 51.9. The number of halogens is 2. The van der Waals surface area contributed by atoms with E-state index in [0.717, 1.165) is 60.5 Å². The standard InChI is InChI=1S/C26H28ClN3O3.C21H20ClN3O/c1-25(2,3)33-24(32)30-14-12-26(13-15-30,19-5-7-20(27)8-6-19)11-10-18-4-9-21-22(16-18)28-17-29-23(21)31;22-17-4-2-16(3-5-17)21(9-11-23-12-10-21)8-7-15-1-6-18-19(13-15)24-14-25-20(18)26/h4-11,16-17H,12-15H2,1-3H3,(H,28,29,31);1-8,13-14,23H,9-12H2,(H,24,25,26)/b11-10+;8-7+. The highest BCUT2D eigenvalue weighted by atomic mass is 35.5. The van der Waals surface area contributed by atoms with Crippen molar-refractivity contribution in [3.63, 3.8) is 0 Å². The number of ether oxygens (including phenoxy) is 1. The third-order valence-electron chi connectivity index (χ3n) is 11.2. The van der Waals surface area contributed by atoms with Crippen LogP contribution in [0.1, 0.15) is 68.7 Å². The number of benzene rings is 4. The number of carbonyl (C=O) groups is 1. The lowest BCUT2D eigenvalue weighted by Crippen LogP contribution is -2.46. The van der Waals surface area contributed by atoms with E-state index >= 15 is 0 Å². The number of carbonyl (C=O) groups excluding carboxylic acids is 1. The van der Waals surface area contributed by atoms with Crippen molar-refractivity contribution in [2.75, 3.05) is 26.2 Å². The largest absolute Gasteiger partial charge is 0.444 e. The number of piperidine rings is 2. The first kappa shape index (κ1) is 41.6. The second-order valence-electron chi connectivity index (χ2n) is 16.2. The van der Waals surface area contributed by atoms with Gasteiger partial charge in [-0.2, -0.15) is 0 Å². The van der Waals surface area contributed by atoms with Gasteiger partial charge in [0, 0.05) is 34.0 Å². The maximum atomic E-state index is 12.6. The molecule has 2 saturated heterocycles. The molecule has 2 aliphatic heterocycles. The Labute approximate surface area is 353 Å². The van der Waals surface area contributed by atoms with Crippen molar-refractivity contribution < 1.29 is 9.53 Å². The number of hydrogen-bond acceptors (Lipinski definition) is 7. The molecule has 6 aromatic rings. The molecule has 4 heterocycles. The van der Waals surface area contributed by atoms with Gasteiger partial charge >= 0.3 is 6.09 Å². The lowest BCUT2D eigenvalue weighted by atomic mass is 9.72. The van der Waals surface area contributed by atoms with E-state index in [2.05, 4.69) is 73.8 Å². The van der Waals surface area contributed by atoms with E-state index in [0.29, 0.717) is 39.9 Å². The molecular formula is C47H48Cl2N6O4. The molecule has 8 rings (SSSR count). The van der Waals surface area contributed by atoms with Gasteiger partial charge in [0.05, 0.1) is 34.5 Å². The second kappa shape index (κ2) is 17.7. The first-order chi connectivity index (χ1) is 28.3. The van der Waals surface area contributed by atoms with Crippen molar-refractivity contribution in [3.8, 4) is 0 Å². The molecule has 0 radical (unpaired) electrons. The van der Waals surface area contributed by atoms with Crippen molar-refractivity contribution in [1.82, 2.24) is 30.2 Å². The zero-order chi connectivity index (χ0) is 41.6. The Bertz CT molecular complexity index is 2600. The number of nitrogens with zero attached hydrogens (tertiary/aromatic N) is 3. The van der Waals surface area contributed by atoms with Crippen LogP contribution >= 0.6 is 23.2 Å². The number of H-pyrrole nitrogens is 2. The summed E-state index contributed by atoms with van der Waals surface area (Å²) in [6.45, 7) is 8.79. The number of fused-ring (bicyclic) bond motifs is 2. The third kappa shape index (κ3) is 10.0. The van der Waals surface area contributed by atoms with Crippen LogP contribution in [0, 0.1) is 0 Å². The lowest BCUT2D eigenvalue weighted by Gasteiger charge is -2.41. The number of amides is 1. The Morgan fingerprint density at radius 2 is 1.12 bits per heavy atom. The van der Waals surface area contributed by atoms with E-state index in [1.807, 2.05) is 75.4 Å². The quantitative estimate of drug-likeness (QED) is 0.152. The molecule has 1 amide bonds. The van der Waals surface area contributed by atoms with Gasteiger partial charge in [0.2, 0.25) is 0 Å². The normalized spacial score (nSPS) is 16.6. The van der Waals surface area contributed by atoms with E-state index in [1.165, 1.54) is 18.2 Å². The van der Waals surface area contributed by atoms with Crippen molar-refractivity contribution >= 4 is 63.3 Å². The van der Waals surface area contributed by atoms with Crippen molar-refractivity contribution in [2.45, 2.75) is 62.9 Å². The molecule has 0 spiro atoms. The van der Waals surface area contributed by atoms with Crippen molar-refractivity contribution in [3.05, 3.63) is 163 Å². The lowest BCUT2D eigenvalue weighted by molar-refractivity contribution is 0.0183. The summed E-state index contributed by atoms with van der Waals surface area (Å²) in [6.07, 6.45) is 14.9. The van der Waals surface area contributed by atoms with Crippen molar-refractivity contribution in [2.24, 2.45) is 0 Å². The van der Waals surface area contributed by atoms with E-state index in [-0.39, 0.29) is 28.0 Å². The topological polar surface area (TPSA) is 133 Å². The van der Waals surface area contributed by atoms with E-state index in [1.54, 1.807) is 11.0 Å². The number of aromatic nitrogens is 4. The number of allylic oxidation sites excluding steroid dienone is 2. The molecule has 59 heavy (non-hydrogen) atoms. The molecular weight excluding hydrogens is 783 g/mol. The minimum Gasteiger partial charge on any atom is -0.444 e. The van der Waals surface area contributed by atoms with Crippen LogP contribution in [-0.4, -0.2) is 62.7 Å². The van der Waals surface area contributed by atoms with Crippen LogP contribution in [0.3, 0.4) is 0 Å². The summed E-state index contributed by atoms with van der Waals surface area (Å²) in [5.74, 6) is 0. The number of hydrogen-bond donors (Lipinski definition) is 3. The minimum absolute atomic E-state index is 0.00755. The number of likely N-dealkylation sites (tertiary alicyclic amines) is 1. The van der Waals surface area contributed by atoms with E-state index in [4.69, 9.17) is 27.9 Å². The van der Waals surface area contributed by atoms with Gasteiger partial charge in [-0.05, 0) is 130 Å². The maximum absolute atomic E-state index is 12.6. The highest BCUT2D eigenvalue weighted by molar-refractivity contribution is 6.30. The third-order valence-corrected chi connectivity index (χ3v) is 11.7. The molecule has 12 heteroatoms. The van der Waals surface area contributed by atoms with Gasteiger partial charge in [-0.3, -0.25) is 9.59 Å². The van der Waals surface area contributed by atoms with Gasteiger partial charge in [0.15, 0.2) is 0 Å². The average molecular weight is 832 g/mol. The summed E-state index contributed by atoms with van der Waals surface area (Å²) >= 11 is 12.2. The molecule has 2 aliphatic rings. The Balaban J connectivity index is 0.000000184. The number of nitrogens with one attached hydrogen (secondary N) is 3. The van der Waals surface area contributed by atoms with Crippen LogP contribution in [0.2, 0.25) is 10.0 Å². The van der Waals surface area contributed by atoms with Gasteiger partial charge in [0.25, 0.3) is 11.1 Å². The van der Waals surface area contributed by atoms with Crippen LogP contribution in [0.5, 0.6) is 0 Å². The summed E-state index contributed by atoms with van der Waals surface area (Å²) in [7, 11) is 0.